The SMILES string of the molecule is CS(=O)(=O)c1c(C(N)=O)nn(-c2c(Cl)cc(OC(F)(F)F)cc2Cl)c1N. The summed E-state index contributed by atoms with van der Waals surface area (Å²) in [6.45, 7) is 0. The summed E-state index contributed by atoms with van der Waals surface area (Å²) in [6.07, 6.45) is -4.22. The normalized spacial score (nSPS) is 12.2. The molecular weight excluding hydrogens is 424 g/mol. The summed E-state index contributed by atoms with van der Waals surface area (Å²) in [7, 11) is -4.02. The molecule has 0 fully saturated rings. The number of nitrogens with two attached hydrogens (primary N) is 2. The molecule has 1 heterocycles. The first-order valence-electron chi connectivity index (χ1n) is 6.36. The standard InChI is InChI=1S/C12H9Cl2F3N4O4S/c1-26(23,24)9-7(11(19)22)20-21(10(9)18)8-5(13)2-4(3-6(8)14)25-12(15,16)17/h2-3H,18H2,1H3,(H2,19,22). The molecule has 0 radical (unpaired) electrons. The van der Waals surface area contributed by atoms with Crippen LogP contribution in [0.25, 0.3) is 5.69 Å². The Morgan fingerprint density at radius 2 is 1.77 bits per heavy atom. The molecule has 0 aliphatic rings. The van der Waals surface area contributed by atoms with Gasteiger partial charge in [0.2, 0.25) is 0 Å². The maximum atomic E-state index is 12.3. The lowest BCUT2D eigenvalue weighted by Gasteiger charge is -2.13. The summed E-state index contributed by atoms with van der Waals surface area (Å²) >= 11 is 11.8. The van der Waals surface area contributed by atoms with Crippen LogP contribution in [0.5, 0.6) is 5.75 Å². The van der Waals surface area contributed by atoms with Gasteiger partial charge >= 0.3 is 6.36 Å². The quantitative estimate of drug-likeness (QED) is 0.760. The molecule has 8 nitrogen and oxygen atoms in total. The van der Waals surface area contributed by atoms with Crippen LogP contribution in [0.15, 0.2) is 17.0 Å². The molecule has 4 N–H and O–H groups in total. The minimum atomic E-state index is -4.98. The average molecular weight is 433 g/mol. The molecule has 142 valence electrons. The highest BCUT2D eigenvalue weighted by atomic mass is 35.5. The van der Waals surface area contributed by atoms with E-state index in [0.29, 0.717) is 4.68 Å². The number of aromatic nitrogens is 2. The predicted octanol–water partition coefficient (Wildman–Crippen LogP) is 2.16. The van der Waals surface area contributed by atoms with Crippen LogP contribution >= 0.6 is 23.2 Å². The molecule has 2 aromatic rings. The number of rotatable bonds is 4. The minimum absolute atomic E-state index is 0.266. The van der Waals surface area contributed by atoms with Gasteiger partial charge in [-0.1, -0.05) is 23.2 Å². The number of amides is 1. The number of halogens is 5. The zero-order valence-electron chi connectivity index (χ0n) is 12.6. The zero-order chi connectivity index (χ0) is 20.0. The van der Waals surface area contributed by atoms with Gasteiger partial charge in [0.15, 0.2) is 15.5 Å². The lowest BCUT2D eigenvalue weighted by atomic mass is 10.3. The highest BCUT2D eigenvalue weighted by Gasteiger charge is 2.33. The second-order valence-electron chi connectivity index (χ2n) is 4.89. The summed E-state index contributed by atoms with van der Waals surface area (Å²) in [5, 5.41) is 2.88. The van der Waals surface area contributed by atoms with E-state index >= 15 is 0 Å². The Morgan fingerprint density at radius 3 is 2.12 bits per heavy atom. The molecule has 26 heavy (non-hydrogen) atoms. The number of hydrogen-bond donors (Lipinski definition) is 2. The van der Waals surface area contributed by atoms with Gasteiger partial charge in [-0.25, -0.2) is 13.1 Å². The van der Waals surface area contributed by atoms with E-state index in [2.05, 4.69) is 9.84 Å². The summed E-state index contributed by atoms with van der Waals surface area (Å²) in [5.41, 5.74) is 9.88. The number of anilines is 1. The Morgan fingerprint density at radius 1 is 1.27 bits per heavy atom. The molecule has 0 bridgehead atoms. The molecule has 1 amide bonds. The van der Waals surface area contributed by atoms with Gasteiger partial charge in [0, 0.05) is 18.4 Å². The van der Waals surface area contributed by atoms with Crippen LogP contribution in [0, 0.1) is 0 Å². The van der Waals surface area contributed by atoms with Gasteiger partial charge in [-0.15, -0.1) is 13.2 Å². The summed E-state index contributed by atoms with van der Waals surface area (Å²) in [4.78, 5) is 10.8. The number of carbonyl (C=O) groups excluding carboxylic acids is 1. The maximum absolute atomic E-state index is 12.3. The molecule has 2 rings (SSSR count). The fraction of sp³-hybridized carbons (Fsp3) is 0.167. The van der Waals surface area contributed by atoms with Crippen LogP contribution in [0.2, 0.25) is 10.0 Å². The van der Waals surface area contributed by atoms with E-state index in [1.807, 2.05) is 0 Å². The van der Waals surface area contributed by atoms with Gasteiger partial charge in [0.25, 0.3) is 5.91 Å². The van der Waals surface area contributed by atoms with E-state index in [1.165, 1.54) is 0 Å². The number of primary amides is 1. The molecule has 0 saturated carbocycles. The second-order valence-corrected chi connectivity index (χ2v) is 7.66. The van der Waals surface area contributed by atoms with E-state index in [9.17, 15) is 26.4 Å². The third-order valence-corrected chi connectivity index (χ3v) is 4.64. The molecular formula is C12H9Cl2F3N4O4S. The van der Waals surface area contributed by atoms with Gasteiger partial charge in [0.1, 0.15) is 22.2 Å². The number of sulfone groups is 1. The van der Waals surface area contributed by atoms with Crippen molar-refractivity contribution in [1.82, 2.24) is 9.78 Å². The molecule has 0 unspecified atom stereocenters. The number of carbonyl (C=O) groups is 1. The van der Waals surface area contributed by atoms with Gasteiger partial charge in [0.05, 0.1) is 10.0 Å². The molecule has 14 heteroatoms. The van der Waals surface area contributed by atoms with Crippen molar-refractivity contribution in [2.75, 3.05) is 12.0 Å². The third kappa shape index (κ3) is 3.97. The Labute approximate surface area is 154 Å². The van der Waals surface area contributed by atoms with Crippen LogP contribution in [-0.2, 0) is 9.84 Å². The van der Waals surface area contributed by atoms with Gasteiger partial charge in [-0.3, -0.25) is 4.79 Å². The summed E-state index contributed by atoms with van der Waals surface area (Å²) < 4.78 is 65.0. The Balaban J connectivity index is 2.72. The number of hydrogen-bond acceptors (Lipinski definition) is 6. The van der Waals surface area contributed by atoms with Crippen LogP contribution < -0.4 is 16.2 Å². The topological polar surface area (TPSA) is 130 Å². The average Bonchev–Trinajstić information content (AvgIpc) is 2.73. The monoisotopic (exact) mass is 432 g/mol. The highest BCUT2D eigenvalue weighted by Crippen LogP contribution is 2.37. The first kappa shape index (κ1) is 20.1. The molecule has 1 aromatic heterocycles. The van der Waals surface area contributed by atoms with Crippen molar-refractivity contribution >= 4 is 44.8 Å². The van der Waals surface area contributed by atoms with Gasteiger partial charge in [-0.05, 0) is 0 Å². The summed E-state index contributed by atoms with van der Waals surface area (Å²) in [6, 6.07) is 1.53. The van der Waals surface area contributed by atoms with Crippen molar-refractivity contribution in [2.24, 2.45) is 5.73 Å². The smallest absolute Gasteiger partial charge is 0.406 e. The highest BCUT2D eigenvalue weighted by molar-refractivity contribution is 7.91. The van der Waals surface area contributed by atoms with Gasteiger partial charge in [-0.2, -0.15) is 5.10 Å². The first-order chi connectivity index (χ1) is 11.7. The second kappa shape index (κ2) is 6.52. The predicted molar refractivity (Wildman–Crippen MR) is 86.3 cm³/mol. The number of nitrogen functional groups attached to an aromatic ring is 1. The Kier molecular flexibility index (Phi) is 5.05. The van der Waals surface area contributed by atoms with Crippen molar-refractivity contribution < 1.29 is 31.1 Å². The number of nitrogens with zero attached hydrogens (tertiary/aromatic N) is 2. The largest absolute Gasteiger partial charge is 0.573 e. The molecule has 0 aliphatic carbocycles. The van der Waals surface area contributed by atoms with Crippen molar-refractivity contribution in [1.29, 1.82) is 0 Å². The summed E-state index contributed by atoms with van der Waals surface area (Å²) in [5.74, 6) is -2.46. The van der Waals surface area contributed by atoms with E-state index < -0.39 is 54.3 Å². The van der Waals surface area contributed by atoms with Crippen LogP contribution in [0.1, 0.15) is 10.5 Å². The third-order valence-electron chi connectivity index (χ3n) is 2.92. The number of benzene rings is 1. The van der Waals surface area contributed by atoms with E-state index in [4.69, 9.17) is 34.7 Å². The lowest BCUT2D eigenvalue weighted by Crippen LogP contribution is -2.17. The number of alkyl halides is 3. The molecule has 0 atom stereocenters. The fourth-order valence-electron chi connectivity index (χ4n) is 2.05. The van der Waals surface area contributed by atoms with Crippen molar-refractivity contribution in [3.8, 4) is 11.4 Å². The van der Waals surface area contributed by atoms with Crippen LogP contribution in [0.3, 0.4) is 0 Å². The fourth-order valence-corrected chi connectivity index (χ4v) is 3.64. The number of ether oxygens (including phenoxy) is 1. The maximum Gasteiger partial charge on any atom is 0.573 e. The molecule has 0 saturated heterocycles. The molecule has 0 spiro atoms. The Hall–Kier alpha value is -2.18. The molecule has 0 aliphatic heterocycles. The minimum Gasteiger partial charge on any atom is -0.406 e. The Bertz CT molecular complexity index is 982. The first-order valence-corrected chi connectivity index (χ1v) is 9.00. The lowest BCUT2D eigenvalue weighted by molar-refractivity contribution is -0.274. The molecule has 1 aromatic carbocycles. The van der Waals surface area contributed by atoms with E-state index in [1.54, 1.807) is 0 Å². The zero-order valence-corrected chi connectivity index (χ0v) is 15.0. The van der Waals surface area contributed by atoms with Gasteiger partial charge < -0.3 is 16.2 Å². The van der Waals surface area contributed by atoms with Crippen molar-refractivity contribution in [3.05, 3.63) is 27.9 Å². The van der Waals surface area contributed by atoms with Crippen LogP contribution in [-0.4, -0.2) is 36.7 Å². The van der Waals surface area contributed by atoms with Crippen LogP contribution in [0.4, 0.5) is 19.0 Å². The van der Waals surface area contributed by atoms with Crippen molar-refractivity contribution in [2.45, 2.75) is 11.3 Å². The van der Waals surface area contributed by atoms with Crippen molar-refractivity contribution in [3.63, 3.8) is 0 Å². The van der Waals surface area contributed by atoms with E-state index in [0.717, 1.165) is 18.4 Å². The van der Waals surface area contributed by atoms with E-state index in [-0.39, 0.29) is 5.69 Å².